The van der Waals surface area contributed by atoms with Crippen LogP contribution in [-0.2, 0) is 37.9 Å². The summed E-state index contributed by atoms with van der Waals surface area (Å²) in [7, 11) is 0. The first-order chi connectivity index (χ1) is 18.8. The summed E-state index contributed by atoms with van der Waals surface area (Å²) in [6.07, 6.45) is 0. The molecule has 0 saturated carbocycles. The lowest BCUT2D eigenvalue weighted by Crippen LogP contribution is -2.33. The fourth-order valence-electron chi connectivity index (χ4n) is 3.29. The zero-order valence-corrected chi connectivity index (χ0v) is 23.5. The Morgan fingerprint density at radius 2 is 0.763 bits per heavy atom. The van der Waals surface area contributed by atoms with Gasteiger partial charge in [-0.3, -0.25) is 14.5 Å². The summed E-state index contributed by atoms with van der Waals surface area (Å²) in [6, 6.07) is 6.82. The number of hydrogen-bond acceptors (Lipinski definition) is 10. The van der Waals surface area contributed by atoms with E-state index in [2.05, 4.69) is 15.9 Å². The Bertz CT molecular complexity index is 734. The second kappa shape index (κ2) is 22.3. The summed E-state index contributed by atoms with van der Waals surface area (Å²) in [5.41, 5.74) is 0.892. The number of nitrogens with zero attached hydrogens (tertiary/aromatic N) is 1. The summed E-state index contributed by atoms with van der Waals surface area (Å²) in [5, 5.41) is 0.831. The van der Waals surface area contributed by atoms with Crippen molar-refractivity contribution in [3.8, 4) is 0 Å². The lowest BCUT2D eigenvalue weighted by atomic mass is 10.1. The Balaban J connectivity index is 1.24. The largest absolute Gasteiger partial charge is 0.378 e. The van der Waals surface area contributed by atoms with Gasteiger partial charge in [0.2, 0.25) is 0 Å². The average Bonchev–Trinajstić information content (AvgIpc) is 3.18. The van der Waals surface area contributed by atoms with Crippen molar-refractivity contribution in [2.75, 3.05) is 118 Å². The zero-order valence-electron chi connectivity index (χ0n) is 21.9. The van der Waals surface area contributed by atoms with Crippen LogP contribution < -0.4 is 0 Å². The summed E-state index contributed by atoms with van der Waals surface area (Å²) in [4.78, 5) is 25.7. The predicted octanol–water partition coefficient (Wildman–Crippen LogP) is 1.81. The molecule has 1 aromatic rings. The first kappa shape index (κ1) is 32.7. The molecule has 1 aromatic carbocycles. The molecule has 0 fully saturated rings. The fourth-order valence-corrected chi connectivity index (χ4v) is 3.52. The van der Waals surface area contributed by atoms with Gasteiger partial charge in [0.1, 0.15) is 0 Å². The van der Waals surface area contributed by atoms with Gasteiger partial charge in [0.15, 0.2) is 0 Å². The number of carbonyl (C=O) groups is 2. The molecule has 0 saturated heterocycles. The number of rotatable bonds is 26. The van der Waals surface area contributed by atoms with Gasteiger partial charge in [-0.2, -0.15) is 0 Å². The Kier molecular flexibility index (Phi) is 19.2. The lowest BCUT2D eigenvalue weighted by Gasteiger charge is -2.13. The van der Waals surface area contributed by atoms with Crippen molar-refractivity contribution in [3.05, 3.63) is 35.4 Å². The monoisotopic (exact) mass is 605 g/mol. The van der Waals surface area contributed by atoms with E-state index in [1.54, 1.807) is 24.3 Å². The van der Waals surface area contributed by atoms with E-state index in [1.165, 1.54) is 4.90 Å². The van der Waals surface area contributed by atoms with Crippen molar-refractivity contribution in [1.82, 2.24) is 4.90 Å². The molecule has 216 valence electrons. The van der Waals surface area contributed by atoms with Crippen LogP contribution in [0.4, 0.5) is 0 Å². The molecule has 1 aliphatic heterocycles. The van der Waals surface area contributed by atoms with Crippen LogP contribution in [0, 0.1) is 0 Å². The van der Waals surface area contributed by atoms with E-state index in [-0.39, 0.29) is 25.0 Å². The van der Waals surface area contributed by atoms with Gasteiger partial charge in [-0.1, -0.05) is 28.1 Å². The predicted molar refractivity (Wildman–Crippen MR) is 142 cm³/mol. The summed E-state index contributed by atoms with van der Waals surface area (Å²) >= 11 is 3.29. The van der Waals surface area contributed by atoms with Crippen LogP contribution in [0.3, 0.4) is 0 Å². The number of fused-ring (bicyclic) bond motifs is 1. The summed E-state index contributed by atoms with van der Waals surface area (Å²) in [5.74, 6) is -0.547. The van der Waals surface area contributed by atoms with Crippen molar-refractivity contribution in [1.29, 1.82) is 0 Å². The van der Waals surface area contributed by atoms with E-state index in [0.717, 1.165) is 5.33 Å². The number of halogens is 1. The molecular formula is C26H40BrNO10. The topological polar surface area (TPSA) is 111 Å². The minimum absolute atomic E-state index is 0.221. The van der Waals surface area contributed by atoms with Gasteiger partial charge in [-0.05, 0) is 12.1 Å². The minimum Gasteiger partial charge on any atom is -0.378 e. The van der Waals surface area contributed by atoms with E-state index in [9.17, 15) is 9.59 Å². The molecule has 0 spiro atoms. The van der Waals surface area contributed by atoms with Gasteiger partial charge in [0, 0.05) is 5.33 Å². The molecular weight excluding hydrogens is 566 g/mol. The molecule has 1 heterocycles. The quantitative estimate of drug-likeness (QED) is 0.0880. The van der Waals surface area contributed by atoms with E-state index in [1.807, 2.05) is 0 Å². The fraction of sp³-hybridized carbons (Fsp3) is 0.692. The van der Waals surface area contributed by atoms with E-state index < -0.39 is 0 Å². The summed E-state index contributed by atoms with van der Waals surface area (Å²) in [6.45, 7) is 8.08. The molecule has 2 rings (SSSR count). The highest BCUT2D eigenvalue weighted by molar-refractivity contribution is 9.09. The molecule has 11 nitrogen and oxygen atoms in total. The van der Waals surface area contributed by atoms with Crippen LogP contribution in [0.1, 0.15) is 20.7 Å². The Labute approximate surface area is 233 Å². The third kappa shape index (κ3) is 14.1. The van der Waals surface area contributed by atoms with Crippen molar-refractivity contribution in [3.63, 3.8) is 0 Å². The number of benzene rings is 1. The second-order valence-electron chi connectivity index (χ2n) is 7.90. The van der Waals surface area contributed by atoms with Crippen LogP contribution in [-0.4, -0.2) is 134 Å². The molecule has 0 N–H and O–H groups in total. The number of imide groups is 1. The Morgan fingerprint density at radius 3 is 1.08 bits per heavy atom. The van der Waals surface area contributed by atoms with Crippen LogP contribution in [0.15, 0.2) is 24.3 Å². The van der Waals surface area contributed by atoms with Crippen molar-refractivity contribution in [2.24, 2.45) is 0 Å². The smallest absolute Gasteiger partial charge is 0.261 e. The van der Waals surface area contributed by atoms with Gasteiger partial charge in [0.25, 0.3) is 11.8 Å². The van der Waals surface area contributed by atoms with Crippen molar-refractivity contribution < 1.29 is 47.5 Å². The van der Waals surface area contributed by atoms with E-state index in [0.29, 0.717) is 110 Å². The van der Waals surface area contributed by atoms with Crippen LogP contribution in [0.5, 0.6) is 0 Å². The maximum Gasteiger partial charge on any atom is 0.261 e. The second-order valence-corrected chi connectivity index (χ2v) is 8.69. The van der Waals surface area contributed by atoms with Gasteiger partial charge in [0.05, 0.1) is 123 Å². The van der Waals surface area contributed by atoms with Crippen molar-refractivity contribution >= 4 is 27.7 Å². The third-order valence-corrected chi connectivity index (χ3v) is 5.49. The maximum atomic E-state index is 12.3. The molecule has 0 aliphatic carbocycles. The highest BCUT2D eigenvalue weighted by Gasteiger charge is 2.34. The minimum atomic E-state index is -0.273. The SMILES string of the molecule is O=C1c2ccccc2C(=O)N1CCOCCOCCOCCOCCOCCOCCOCCOCCBr. The molecule has 2 amide bonds. The highest BCUT2D eigenvalue weighted by atomic mass is 79.9. The normalized spacial score (nSPS) is 13.0. The van der Waals surface area contributed by atoms with Crippen LogP contribution in [0.2, 0.25) is 0 Å². The first-order valence-corrected chi connectivity index (χ1v) is 14.0. The number of ether oxygens (including phenoxy) is 8. The molecule has 0 radical (unpaired) electrons. The van der Waals surface area contributed by atoms with Crippen LogP contribution >= 0.6 is 15.9 Å². The number of carbonyl (C=O) groups excluding carboxylic acids is 2. The maximum absolute atomic E-state index is 12.3. The standard InChI is InChI=1S/C26H40BrNO10/c27-5-7-31-9-11-33-13-15-35-17-19-37-21-22-38-20-18-36-16-14-34-12-10-32-8-6-28-25(29)23-3-1-2-4-24(23)26(28)30/h1-4H,5-22H2. The molecule has 0 unspecified atom stereocenters. The summed E-state index contributed by atoms with van der Waals surface area (Å²) < 4.78 is 43.3. The van der Waals surface area contributed by atoms with Gasteiger partial charge < -0.3 is 37.9 Å². The third-order valence-electron chi connectivity index (χ3n) is 5.16. The lowest BCUT2D eigenvalue weighted by molar-refractivity contribution is -0.0230. The van der Waals surface area contributed by atoms with Crippen molar-refractivity contribution in [2.45, 2.75) is 0 Å². The molecule has 38 heavy (non-hydrogen) atoms. The van der Waals surface area contributed by atoms with Gasteiger partial charge >= 0.3 is 0 Å². The highest BCUT2D eigenvalue weighted by Crippen LogP contribution is 2.21. The average molecular weight is 607 g/mol. The molecule has 0 aromatic heterocycles. The first-order valence-electron chi connectivity index (χ1n) is 12.9. The zero-order chi connectivity index (χ0) is 27.1. The molecule has 12 heteroatoms. The number of alkyl halides is 1. The number of amides is 2. The number of hydrogen-bond donors (Lipinski definition) is 0. The van der Waals surface area contributed by atoms with Gasteiger partial charge in [-0.25, -0.2) is 0 Å². The van der Waals surface area contributed by atoms with E-state index in [4.69, 9.17) is 37.9 Å². The van der Waals surface area contributed by atoms with E-state index >= 15 is 0 Å². The molecule has 0 atom stereocenters. The Morgan fingerprint density at radius 1 is 0.474 bits per heavy atom. The van der Waals surface area contributed by atoms with Gasteiger partial charge in [-0.15, -0.1) is 0 Å². The molecule has 1 aliphatic rings. The molecule has 0 bridgehead atoms. The Hall–Kier alpha value is -1.48. The van der Waals surface area contributed by atoms with Crippen LogP contribution in [0.25, 0.3) is 0 Å².